The van der Waals surface area contributed by atoms with E-state index < -0.39 is 0 Å². The normalized spacial score (nSPS) is 19.9. The number of ether oxygens (including phenoxy) is 1. The van der Waals surface area contributed by atoms with Crippen molar-refractivity contribution in [2.24, 2.45) is 5.92 Å². The summed E-state index contributed by atoms with van der Waals surface area (Å²) < 4.78 is 5.26. The van der Waals surface area contributed by atoms with E-state index in [1.54, 1.807) is 12.1 Å². The monoisotopic (exact) mass is 233 g/mol. The van der Waals surface area contributed by atoms with Crippen molar-refractivity contribution in [2.75, 3.05) is 19.7 Å². The van der Waals surface area contributed by atoms with Crippen molar-refractivity contribution in [2.45, 2.75) is 19.3 Å². The molecule has 1 atom stereocenters. The quantitative estimate of drug-likeness (QED) is 0.810. The molecule has 0 spiro atoms. The van der Waals surface area contributed by atoms with Gasteiger partial charge in [-0.1, -0.05) is 18.2 Å². The molecule has 1 saturated heterocycles. The van der Waals surface area contributed by atoms with Crippen LogP contribution in [0, 0.1) is 5.92 Å². The fourth-order valence-corrected chi connectivity index (χ4v) is 2.15. The van der Waals surface area contributed by atoms with Crippen molar-refractivity contribution in [3.8, 4) is 0 Å². The summed E-state index contributed by atoms with van der Waals surface area (Å²) in [4.78, 5) is 11.6. The molecule has 3 heteroatoms. The number of carbonyl (C=O) groups excluding carboxylic acids is 1. The molecule has 0 aliphatic carbocycles. The van der Waals surface area contributed by atoms with Crippen LogP contribution in [0.4, 0.5) is 0 Å². The van der Waals surface area contributed by atoms with Gasteiger partial charge in [0.15, 0.2) is 0 Å². The van der Waals surface area contributed by atoms with Crippen LogP contribution in [-0.4, -0.2) is 25.7 Å². The van der Waals surface area contributed by atoms with Gasteiger partial charge in [0.05, 0.1) is 12.2 Å². The van der Waals surface area contributed by atoms with Gasteiger partial charge in [-0.25, -0.2) is 4.79 Å². The van der Waals surface area contributed by atoms with E-state index in [2.05, 4.69) is 5.32 Å². The van der Waals surface area contributed by atoms with Gasteiger partial charge >= 0.3 is 5.97 Å². The van der Waals surface area contributed by atoms with Gasteiger partial charge in [-0.15, -0.1) is 0 Å². The average Bonchev–Trinajstić information content (AvgIpc) is 2.41. The first-order chi connectivity index (χ1) is 8.36. The Balaban J connectivity index is 1.69. The number of rotatable bonds is 4. The number of hydrogen-bond donors (Lipinski definition) is 1. The Hall–Kier alpha value is -1.35. The third-order valence-electron chi connectivity index (χ3n) is 3.17. The van der Waals surface area contributed by atoms with Crippen LogP contribution in [0.3, 0.4) is 0 Å². The van der Waals surface area contributed by atoms with Gasteiger partial charge in [0, 0.05) is 0 Å². The topological polar surface area (TPSA) is 38.3 Å². The minimum Gasteiger partial charge on any atom is -0.462 e. The van der Waals surface area contributed by atoms with E-state index >= 15 is 0 Å². The second-order valence-electron chi connectivity index (χ2n) is 4.50. The lowest BCUT2D eigenvalue weighted by atomic mass is 9.97. The summed E-state index contributed by atoms with van der Waals surface area (Å²) in [6.07, 6.45) is 3.44. The number of nitrogens with one attached hydrogen (secondary N) is 1. The van der Waals surface area contributed by atoms with Gasteiger partial charge in [0.1, 0.15) is 0 Å². The van der Waals surface area contributed by atoms with Gasteiger partial charge in [0.25, 0.3) is 0 Å². The first kappa shape index (κ1) is 12.1. The van der Waals surface area contributed by atoms with E-state index in [0.29, 0.717) is 18.1 Å². The van der Waals surface area contributed by atoms with E-state index in [9.17, 15) is 4.79 Å². The summed E-state index contributed by atoms with van der Waals surface area (Å²) in [6, 6.07) is 9.16. The Bertz CT molecular complexity index is 344. The lowest BCUT2D eigenvalue weighted by molar-refractivity contribution is 0.0477. The SMILES string of the molecule is O=C(OCC[C@@H]1CCCNC1)c1ccccc1. The summed E-state index contributed by atoms with van der Waals surface area (Å²) in [7, 11) is 0. The first-order valence-electron chi connectivity index (χ1n) is 6.29. The van der Waals surface area contributed by atoms with Gasteiger partial charge < -0.3 is 10.1 Å². The van der Waals surface area contributed by atoms with Crippen LogP contribution in [0.25, 0.3) is 0 Å². The lowest BCUT2D eigenvalue weighted by Gasteiger charge is -2.22. The Morgan fingerprint density at radius 1 is 1.35 bits per heavy atom. The third kappa shape index (κ3) is 3.86. The molecule has 1 heterocycles. The second-order valence-corrected chi connectivity index (χ2v) is 4.50. The van der Waals surface area contributed by atoms with Gasteiger partial charge in [-0.05, 0) is 50.4 Å². The van der Waals surface area contributed by atoms with Crippen molar-refractivity contribution < 1.29 is 9.53 Å². The van der Waals surface area contributed by atoms with Gasteiger partial charge in [-0.3, -0.25) is 0 Å². The number of benzene rings is 1. The highest BCUT2D eigenvalue weighted by Crippen LogP contribution is 2.14. The van der Waals surface area contributed by atoms with Crippen LogP contribution < -0.4 is 5.32 Å². The van der Waals surface area contributed by atoms with Crippen LogP contribution in [0.15, 0.2) is 30.3 Å². The molecule has 2 rings (SSSR count). The van der Waals surface area contributed by atoms with E-state index in [4.69, 9.17) is 4.74 Å². The fourth-order valence-electron chi connectivity index (χ4n) is 2.15. The van der Waals surface area contributed by atoms with E-state index in [-0.39, 0.29) is 5.97 Å². The molecule has 3 nitrogen and oxygen atoms in total. The minimum atomic E-state index is -0.214. The maximum absolute atomic E-state index is 11.6. The molecule has 17 heavy (non-hydrogen) atoms. The third-order valence-corrected chi connectivity index (χ3v) is 3.17. The molecule has 0 bridgehead atoms. The lowest BCUT2D eigenvalue weighted by Crippen LogP contribution is -2.30. The first-order valence-corrected chi connectivity index (χ1v) is 6.29. The summed E-state index contributed by atoms with van der Waals surface area (Å²) in [5.41, 5.74) is 0.634. The van der Waals surface area contributed by atoms with Crippen molar-refractivity contribution in [3.63, 3.8) is 0 Å². The molecule has 1 fully saturated rings. The van der Waals surface area contributed by atoms with Crippen LogP contribution in [-0.2, 0) is 4.74 Å². The highest BCUT2D eigenvalue weighted by molar-refractivity contribution is 5.89. The van der Waals surface area contributed by atoms with Crippen molar-refractivity contribution in [3.05, 3.63) is 35.9 Å². The molecule has 0 amide bonds. The highest BCUT2D eigenvalue weighted by atomic mass is 16.5. The minimum absolute atomic E-state index is 0.214. The molecular weight excluding hydrogens is 214 g/mol. The molecule has 0 saturated carbocycles. The Morgan fingerprint density at radius 2 is 2.18 bits per heavy atom. The zero-order valence-corrected chi connectivity index (χ0v) is 10.0. The van der Waals surface area contributed by atoms with Crippen molar-refractivity contribution >= 4 is 5.97 Å². The van der Waals surface area contributed by atoms with E-state index in [1.807, 2.05) is 18.2 Å². The number of piperidine rings is 1. The summed E-state index contributed by atoms with van der Waals surface area (Å²) in [6.45, 7) is 2.71. The standard InChI is InChI=1S/C14H19NO2/c16-14(13-6-2-1-3-7-13)17-10-8-12-5-4-9-15-11-12/h1-3,6-7,12,15H,4-5,8-11H2/t12-/m0/s1. The van der Waals surface area contributed by atoms with Crippen LogP contribution in [0.2, 0.25) is 0 Å². The second kappa shape index (κ2) is 6.40. The molecule has 1 N–H and O–H groups in total. The molecule has 0 aromatic heterocycles. The maximum atomic E-state index is 11.6. The summed E-state index contributed by atoms with van der Waals surface area (Å²) in [5.74, 6) is 0.446. The van der Waals surface area contributed by atoms with Crippen molar-refractivity contribution in [1.82, 2.24) is 5.32 Å². The zero-order valence-electron chi connectivity index (χ0n) is 10.0. The molecule has 92 valence electrons. The molecule has 0 unspecified atom stereocenters. The predicted molar refractivity (Wildman–Crippen MR) is 66.9 cm³/mol. The van der Waals surface area contributed by atoms with Crippen molar-refractivity contribution in [1.29, 1.82) is 0 Å². The molecule has 1 aromatic rings. The van der Waals surface area contributed by atoms with Crippen LogP contribution in [0.5, 0.6) is 0 Å². The Kier molecular flexibility index (Phi) is 4.56. The Morgan fingerprint density at radius 3 is 2.88 bits per heavy atom. The maximum Gasteiger partial charge on any atom is 0.338 e. The number of esters is 1. The molecule has 1 aliphatic rings. The Labute approximate surface area is 102 Å². The zero-order chi connectivity index (χ0) is 11.9. The molecular formula is C14H19NO2. The largest absolute Gasteiger partial charge is 0.462 e. The van der Waals surface area contributed by atoms with E-state index in [1.165, 1.54) is 12.8 Å². The number of carbonyl (C=O) groups is 1. The fraction of sp³-hybridized carbons (Fsp3) is 0.500. The van der Waals surface area contributed by atoms with Gasteiger partial charge in [0.2, 0.25) is 0 Å². The molecule has 1 aliphatic heterocycles. The average molecular weight is 233 g/mol. The molecule has 0 radical (unpaired) electrons. The van der Waals surface area contributed by atoms with Crippen LogP contribution >= 0.6 is 0 Å². The summed E-state index contributed by atoms with van der Waals surface area (Å²) >= 11 is 0. The molecule has 1 aromatic carbocycles. The number of hydrogen-bond acceptors (Lipinski definition) is 3. The predicted octanol–water partition coefficient (Wildman–Crippen LogP) is 2.23. The highest BCUT2D eigenvalue weighted by Gasteiger charge is 2.13. The summed E-state index contributed by atoms with van der Waals surface area (Å²) in [5, 5.41) is 3.36. The van der Waals surface area contributed by atoms with Gasteiger partial charge in [-0.2, -0.15) is 0 Å². The smallest absolute Gasteiger partial charge is 0.338 e. The van der Waals surface area contributed by atoms with E-state index in [0.717, 1.165) is 19.5 Å². The van der Waals surface area contributed by atoms with Crippen LogP contribution in [0.1, 0.15) is 29.6 Å².